The van der Waals surface area contributed by atoms with Crippen molar-refractivity contribution in [1.82, 2.24) is 10.6 Å². The van der Waals surface area contributed by atoms with Gasteiger partial charge in [0.1, 0.15) is 5.41 Å². The zero-order chi connectivity index (χ0) is 21.8. The summed E-state index contributed by atoms with van der Waals surface area (Å²) in [6.07, 6.45) is 9.16. The van der Waals surface area contributed by atoms with Gasteiger partial charge in [0, 0.05) is 37.1 Å². The number of ether oxygens (including phenoxy) is 2. The lowest BCUT2D eigenvalue weighted by molar-refractivity contribution is -0.151. The number of carbonyl (C=O) groups is 2. The minimum atomic E-state index is -0.910. The predicted molar refractivity (Wildman–Crippen MR) is 117 cm³/mol. The minimum absolute atomic E-state index is 0.123. The summed E-state index contributed by atoms with van der Waals surface area (Å²) in [4.78, 5) is 26.2. The third-order valence-corrected chi connectivity index (χ3v) is 7.59. The van der Waals surface area contributed by atoms with E-state index in [1.54, 1.807) is 0 Å². The van der Waals surface area contributed by atoms with Crippen molar-refractivity contribution in [3.63, 3.8) is 0 Å². The minimum Gasteiger partial charge on any atom is -0.378 e. The second kappa shape index (κ2) is 9.56. The molecule has 0 aromatic carbocycles. The molecule has 2 saturated heterocycles. The third kappa shape index (κ3) is 5.18. The summed E-state index contributed by atoms with van der Waals surface area (Å²) in [5.41, 5.74) is -1.19. The fraction of sp³-hybridized carbons (Fsp3) is 0.917. The summed E-state index contributed by atoms with van der Waals surface area (Å²) >= 11 is 0. The maximum atomic E-state index is 13.1. The van der Waals surface area contributed by atoms with Crippen molar-refractivity contribution in [3.05, 3.63) is 0 Å². The third-order valence-electron chi connectivity index (χ3n) is 7.59. The molecule has 2 heterocycles. The van der Waals surface area contributed by atoms with E-state index in [4.69, 9.17) is 9.47 Å². The molecule has 2 N–H and O–H groups in total. The van der Waals surface area contributed by atoms with Crippen LogP contribution in [0, 0.1) is 16.2 Å². The molecule has 2 amide bonds. The highest BCUT2D eigenvalue weighted by Gasteiger charge is 2.51. The van der Waals surface area contributed by atoms with Gasteiger partial charge in [-0.25, -0.2) is 0 Å². The second-order valence-electron chi connectivity index (χ2n) is 11.0. The van der Waals surface area contributed by atoms with E-state index in [0.717, 1.165) is 45.3 Å². The Kier molecular flexibility index (Phi) is 7.49. The predicted octanol–water partition coefficient (Wildman–Crippen LogP) is 3.58. The summed E-state index contributed by atoms with van der Waals surface area (Å²) in [5, 5.41) is 6.20. The van der Waals surface area contributed by atoms with Gasteiger partial charge < -0.3 is 20.1 Å². The van der Waals surface area contributed by atoms with E-state index < -0.39 is 5.41 Å². The maximum Gasteiger partial charge on any atom is 0.235 e. The Hall–Kier alpha value is -1.14. The van der Waals surface area contributed by atoms with Gasteiger partial charge in [-0.2, -0.15) is 0 Å². The Bertz CT molecular complexity index is 552. The Balaban J connectivity index is 1.53. The van der Waals surface area contributed by atoms with Gasteiger partial charge in [-0.15, -0.1) is 0 Å². The number of hydrogen-bond acceptors (Lipinski definition) is 4. The first-order chi connectivity index (χ1) is 14.2. The van der Waals surface area contributed by atoms with Crippen molar-refractivity contribution in [2.24, 2.45) is 16.2 Å². The van der Waals surface area contributed by atoms with E-state index in [0.29, 0.717) is 25.9 Å². The van der Waals surface area contributed by atoms with Crippen LogP contribution in [0.4, 0.5) is 0 Å². The van der Waals surface area contributed by atoms with E-state index in [-0.39, 0.29) is 34.9 Å². The fourth-order valence-electron chi connectivity index (χ4n) is 4.98. The molecule has 2 aliphatic heterocycles. The SMILES string of the molecule is CC(C)(CNC(=O)C1(C(=O)NCC(C)(C)C2CCCCO2)CCC1)C1CCCCO1. The molecule has 3 fully saturated rings. The average Bonchev–Trinajstić information content (AvgIpc) is 2.71. The summed E-state index contributed by atoms with van der Waals surface area (Å²) in [5.74, 6) is -0.247. The van der Waals surface area contributed by atoms with Crippen molar-refractivity contribution in [3.8, 4) is 0 Å². The van der Waals surface area contributed by atoms with Crippen LogP contribution in [0.15, 0.2) is 0 Å². The fourth-order valence-corrected chi connectivity index (χ4v) is 4.98. The molecule has 1 saturated carbocycles. The quantitative estimate of drug-likeness (QED) is 0.586. The van der Waals surface area contributed by atoms with Gasteiger partial charge >= 0.3 is 0 Å². The zero-order valence-corrected chi connectivity index (χ0v) is 19.5. The van der Waals surface area contributed by atoms with Crippen LogP contribution in [0.25, 0.3) is 0 Å². The van der Waals surface area contributed by atoms with Crippen molar-refractivity contribution in [2.75, 3.05) is 26.3 Å². The highest BCUT2D eigenvalue weighted by molar-refractivity contribution is 6.06. The summed E-state index contributed by atoms with van der Waals surface area (Å²) < 4.78 is 11.9. The standard InChI is InChI=1S/C24H42N2O4/c1-22(2,18-10-5-7-14-29-18)16-25-20(27)24(12-9-13-24)21(28)26-17-23(3,4)19-11-6-8-15-30-19/h18-19H,5-17H2,1-4H3,(H,25,27)(H,26,28). The Morgan fingerprint density at radius 2 is 1.20 bits per heavy atom. The first-order valence-electron chi connectivity index (χ1n) is 12.0. The van der Waals surface area contributed by atoms with Gasteiger partial charge in [-0.05, 0) is 51.4 Å². The van der Waals surface area contributed by atoms with Crippen molar-refractivity contribution in [2.45, 2.75) is 97.7 Å². The number of rotatable bonds is 8. The largest absolute Gasteiger partial charge is 0.378 e. The first-order valence-corrected chi connectivity index (χ1v) is 12.0. The Morgan fingerprint density at radius 1 is 0.767 bits per heavy atom. The van der Waals surface area contributed by atoms with Crippen LogP contribution in [0.2, 0.25) is 0 Å². The molecule has 1 aliphatic carbocycles. The van der Waals surface area contributed by atoms with Gasteiger partial charge in [-0.1, -0.05) is 34.1 Å². The normalized spacial score (nSPS) is 27.1. The molecule has 6 nitrogen and oxygen atoms in total. The Labute approximate surface area is 182 Å². The molecule has 30 heavy (non-hydrogen) atoms. The van der Waals surface area contributed by atoms with Crippen LogP contribution >= 0.6 is 0 Å². The van der Waals surface area contributed by atoms with Gasteiger partial charge in [0.05, 0.1) is 12.2 Å². The molecule has 6 heteroatoms. The van der Waals surface area contributed by atoms with Gasteiger partial charge in [0.2, 0.25) is 11.8 Å². The van der Waals surface area contributed by atoms with Crippen LogP contribution in [-0.4, -0.2) is 50.3 Å². The van der Waals surface area contributed by atoms with Crippen LogP contribution in [0.1, 0.15) is 85.5 Å². The van der Waals surface area contributed by atoms with Gasteiger partial charge in [0.15, 0.2) is 0 Å². The van der Waals surface area contributed by atoms with E-state index in [1.165, 1.54) is 12.8 Å². The van der Waals surface area contributed by atoms with Crippen LogP contribution < -0.4 is 10.6 Å². The molecule has 2 atom stereocenters. The van der Waals surface area contributed by atoms with Crippen molar-refractivity contribution in [1.29, 1.82) is 0 Å². The highest BCUT2D eigenvalue weighted by Crippen LogP contribution is 2.42. The zero-order valence-electron chi connectivity index (χ0n) is 19.5. The van der Waals surface area contributed by atoms with Gasteiger partial charge in [0.25, 0.3) is 0 Å². The number of hydrogen-bond donors (Lipinski definition) is 2. The molecule has 0 bridgehead atoms. The molecular weight excluding hydrogens is 380 g/mol. The highest BCUT2D eigenvalue weighted by atomic mass is 16.5. The maximum absolute atomic E-state index is 13.1. The van der Waals surface area contributed by atoms with E-state index in [1.807, 2.05) is 0 Å². The lowest BCUT2D eigenvalue weighted by Crippen LogP contribution is -2.58. The van der Waals surface area contributed by atoms with Crippen LogP contribution in [0.5, 0.6) is 0 Å². The lowest BCUT2D eigenvalue weighted by atomic mass is 9.67. The van der Waals surface area contributed by atoms with Crippen molar-refractivity contribution >= 4 is 11.8 Å². The number of amides is 2. The number of carbonyl (C=O) groups excluding carboxylic acids is 2. The molecular formula is C24H42N2O4. The molecule has 0 aromatic rings. The van der Waals surface area contributed by atoms with E-state index in [9.17, 15) is 9.59 Å². The lowest BCUT2D eigenvalue weighted by Gasteiger charge is -2.42. The molecule has 172 valence electrons. The monoisotopic (exact) mass is 422 g/mol. The molecule has 3 aliphatic rings. The van der Waals surface area contributed by atoms with Crippen LogP contribution in [0.3, 0.4) is 0 Å². The Morgan fingerprint density at radius 3 is 1.50 bits per heavy atom. The summed E-state index contributed by atoms with van der Waals surface area (Å²) in [6, 6.07) is 0. The molecule has 0 radical (unpaired) electrons. The van der Waals surface area contributed by atoms with E-state index in [2.05, 4.69) is 38.3 Å². The molecule has 0 spiro atoms. The van der Waals surface area contributed by atoms with Crippen molar-refractivity contribution < 1.29 is 19.1 Å². The topological polar surface area (TPSA) is 76.7 Å². The average molecular weight is 423 g/mol. The second-order valence-corrected chi connectivity index (χ2v) is 11.0. The summed E-state index contributed by atoms with van der Waals surface area (Å²) in [7, 11) is 0. The van der Waals surface area contributed by atoms with Gasteiger partial charge in [-0.3, -0.25) is 9.59 Å². The molecule has 3 rings (SSSR count). The number of nitrogens with one attached hydrogen (secondary N) is 2. The summed E-state index contributed by atoms with van der Waals surface area (Å²) in [6.45, 7) is 11.2. The van der Waals surface area contributed by atoms with E-state index >= 15 is 0 Å². The van der Waals surface area contributed by atoms with Crippen LogP contribution in [-0.2, 0) is 19.1 Å². The molecule has 2 unspecified atom stereocenters. The smallest absolute Gasteiger partial charge is 0.235 e. The first kappa shape index (κ1) is 23.5. The molecule has 0 aromatic heterocycles.